The Bertz CT molecular complexity index is 277. The van der Waals surface area contributed by atoms with Gasteiger partial charge >= 0.3 is 0 Å². The highest BCUT2D eigenvalue weighted by molar-refractivity contribution is 4.93. The largest absolute Gasteiger partial charge is 0.310 e. The van der Waals surface area contributed by atoms with Gasteiger partial charge in [-0.1, -0.05) is 6.92 Å². The van der Waals surface area contributed by atoms with Crippen LogP contribution in [0.2, 0.25) is 0 Å². The lowest BCUT2D eigenvalue weighted by Crippen LogP contribution is -2.40. The van der Waals surface area contributed by atoms with Crippen molar-refractivity contribution in [2.24, 2.45) is 0 Å². The van der Waals surface area contributed by atoms with Crippen molar-refractivity contribution in [1.82, 2.24) is 15.1 Å². The second kappa shape index (κ2) is 6.55. The molecular weight excluding hydrogens is 234 g/mol. The smallest absolute Gasteiger partial charge is 0.0209 e. The lowest BCUT2D eigenvalue weighted by molar-refractivity contribution is 0.279. The normalized spacial score (nSPS) is 34.6. The Kier molecular flexibility index (Phi) is 4.78. The third kappa shape index (κ3) is 3.93. The molecule has 0 radical (unpaired) electrons. The molecule has 0 bridgehead atoms. The molecule has 2 saturated heterocycles. The van der Waals surface area contributed by atoms with E-state index in [1.165, 1.54) is 77.7 Å². The fourth-order valence-electron chi connectivity index (χ4n) is 3.89. The molecule has 2 aliphatic heterocycles. The zero-order chi connectivity index (χ0) is 13.1. The SMILES string of the molecule is CCCN1CCCC(NC2CCN(C3CC3)C2)CC1. The number of nitrogens with one attached hydrogen (secondary N) is 1. The molecule has 2 heterocycles. The van der Waals surface area contributed by atoms with Crippen LogP contribution in [0.25, 0.3) is 0 Å². The maximum absolute atomic E-state index is 3.96. The lowest BCUT2D eigenvalue weighted by Gasteiger charge is -2.23. The van der Waals surface area contributed by atoms with E-state index < -0.39 is 0 Å². The molecular formula is C16H31N3. The van der Waals surface area contributed by atoms with E-state index in [2.05, 4.69) is 22.0 Å². The number of hydrogen-bond donors (Lipinski definition) is 1. The molecule has 3 heteroatoms. The molecule has 0 aromatic carbocycles. The van der Waals surface area contributed by atoms with Crippen molar-refractivity contribution >= 4 is 0 Å². The van der Waals surface area contributed by atoms with Crippen LogP contribution in [0.15, 0.2) is 0 Å². The van der Waals surface area contributed by atoms with Gasteiger partial charge in [0.2, 0.25) is 0 Å². The molecule has 1 N–H and O–H groups in total. The maximum Gasteiger partial charge on any atom is 0.0209 e. The summed E-state index contributed by atoms with van der Waals surface area (Å²) in [4.78, 5) is 5.38. The summed E-state index contributed by atoms with van der Waals surface area (Å²) in [6.07, 6.45) is 9.74. The molecule has 0 amide bonds. The first kappa shape index (κ1) is 13.8. The highest BCUT2D eigenvalue weighted by Crippen LogP contribution is 2.30. The fraction of sp³-hybridized carbons (Fsp3) is 1.00. The van der Waals surface area contributed by atoms with E-state index in [4.69, 9.17) is 0 Å². The van der Waals surface area contributed by atoms with Gasteiger partial charge in [0.05, 0.1) is 0 Å². The highest BCUT2D eigenvalue weighted by Gasteiger charge is 2.34. The predicted molar refractivity (Wildman–Crippen MR) is 80.5 cm³/mol. The molecule has 2 atom stereocenters. The van der Waals surface area contributed by atoms with Gasteiger partial charge < -0.3 is 10.2 Å². The Balaban J connectivity index is 1.40. The molecule has 3 aliphatic rings. The van der Waals surface area contributed by atoms with Crippen molar-refractivity contribution in [3.05, 3.63) is 0 Å². The Labute approximate surface area is 118 Å². The zero-order valence-corrected chi connectivity index (χ0v) is 12.6. The van der Waals surface area contributed by atoms with Gasteiger partial charge in [-0.3, -0.25) is 4.90 Å². The van der Waals surface area contributed by atoms with Gasteiger partial charge in [-0.05, 0) is 64.6 Å². The number of hydrogen-bond acceptors (Lipinski definition) is 3. The summed E-state index contributed by atoms with van der Waals surface area (Å²) in [5.74, 6) is 0. The van der Waals surface area contributed by atoms with Crippen LogP contribution in [0.4, 0.5) is 0 Å². The summed E-state index contributed by atoms with van der Waals surface area (Å²) in [6, 6.07) is 2.52. The molecule has 3 rings (SSSR count). The van der Waals surface area contributed by atoms with Crippen LogP contribution in [0.3, 0.4) is 0 Å². The number of nitrogens with zero attached hydrogens (tertiary/aromatic N) is 2. The van der Waals surface area contributed by atoms with E-state index in [1.807, 2.05) is 0 Å². The first-order valence-electron chi connectivity index (χ1n) is 8.57. The third-order valence-corrected chi connectivity index (χ3v) is 5.11. The zero-order valence-electron chi connectivity index (χ0n) is 12.6. The van der Waals surface area contributed by atoms with Gasteiger partial charge in [-0.15, -0.1) is 0 Å². The summed E-state index contributed by atoms with van der Waals surface area (Å²) < 4.78 is 0. The first-order chi connectivity index (χ1) is 9.35. The van der Waals surface area contributed by atoms with E-state index in [-0.39, 0.29) is 0 Å². The quantitative estimate of drug-likeness (QED) is 0.821. The monoisotopic (exact) mass is 265 g/mol. The van der Waals surface area contributed by atoms with Gasteiger partial charge in [0.25, 0.3) is 0 Å². The van der Waals surface area contributed by atoms with Crippen molar-refractivity contribution in [3.63, 3.8) is 0 Å². The van der Waals surface area contributed by atoms with E-state index >= 15 is 0 Å². The topological polar surface area (TPSA) is 18.5 Å². The van der Waals surface area contributed by atoms with Gasteiger partial charge in [-0.2, -0.15) is 0 Å². The molecule has 2 unspecified atom stereocenters. The number of likely N-dealkylation sites (tertiary alicyclic amines) is 2. The van der Waals surface area contributed by atoms with Crippen LogP contribution in [0.1, 0.15) is 51.9 Å². The minimum absolute atomic E-state index is 0.781. The minimum atomic E-state index is 0.781. The van der Waals surface area contributed by atoms with Crippen LogP contribution >= 0.6 is 0 Å². The lowest BCUT2D eigenvalue weighted by atomic mass is 10.1. The van der Waals surface area contributed by atoms with E-state index in [0.717, 1.165) is 18.1 Å². The van der Waals surface area contributed by atoms with E-state index in [1.54, 1.807) is 0 Å². The average Bonchev–Trinajstić information content (AvgIpc) is 3.18. The summed E-state index contributed by atoms with van der Waals surface area (Å²) in [7, 11) is 0. The Morgan fingerprint density at radius 2 is 1.79 bits per heavy atom. The van der Waals surface area contributed by atoms with Crippen molar-refractivity contribution in [2.45, 2.75) is 70.0 Å². The maximum atomic E-state index is 3.96. The van der Waals surface area contributed by atoms with Gasteiger partial charge in [0, 0.05) is 31.2 Å². The summed E-state index contributed by atoms with van der Waals surface area (Å²) in [5, 5.41) is 3.96. The molecule has 3 fully saturated rings. The fourth-order valence-corrected chi connectivity index (χ4v) is 3.89. The van der Waals surface area contributed by atoms with Crippen LogP contribution < -0.4 is 5.32 Å². The van der Waals surface area contributed by atoms with E-state index in [9.17, 15) is 0 Å². The first-order valence-corrected chi connectivity index (χ1v) is 8.57. The minimum Gasteiger partial charge on any atom is -0.310 e. The summed E-state index contributed by atoms with van der Waals surface area (Å²) in [5.41, 5.74) is 0. The van der Waals surface area contributed by atoms with Crippen LogP contribution in [0, 0.1) is 0 Å². The van der Waals surface area contributed by atoms with Crippen LogP contribution in [-0.4, -0.2) is 60.6 Å². The summed E-state index contributed by atoms with van der Waals surface area (Å²) in [6.45, 7) is 8.89. The van der Waals surface area contributed by atoms with Crippen LogP contribution in [-0.2, 0) is 0 Å². The third-order valence-electron chi connectivity index (χ3n) is 5.11. The van der Waals surface area contributed by atoms with Crippen molar-refractivity contribution < 1.29 is 0 Å². The van der Waals surface area contributed by atoms with Crippen molar-refractivity contribution in [3.8, 4) is 0 Å². The van der Waals surface area contributed by atoms with E-state index in [0.29, 0.717) is 0 Å². The number of rotatable bonds is 5. The average molecular weight is 265 g/mol. The van der Waals surface area contributed by atoms with Crippen LogP contribution in [0.5, 0.6) is 0 Å². The van der Waals surface area contributed by atoms with Gasteiger partial charge in [-0.25, -0.2) is 0 Å². The molecule has 0 aromatic heterocycles. The highest BCUT2D eigenvalue weighted by atomic mass is 15.2. The Hall–Kier alpha value is -0.120. The second-order valence-electron chi connectivity index (χ2n) is 6.85. The molecule has 1 aliphatic carbocycles. The molecule has 19 heavy (non-hydrogen) atoms. The summed E-state index contributed by atoms with van der Waals surface area (Å²) >= 11 is 0. The van der Waals surface area contributed by atoms with Crippen molar-refractivity contribution in [1.29, 1.82) is 0 Å². The Morgan fingerprint density at radius 1 is 0.947 bits per heavy atom. The molecule has 110 valence electrons. The second-order valence-corrected chi connectivity index (χ2v) is 6.85. The molecule has 0 aromatic rings. The molecule has 3 nitrogen and oxygen atoms in total. The molecule has 0 spiro atoms. The predicted octanol–water partition coefficient (Wildman–Crippen LogP) is 2.08. The van der Waals surface area contributed by atoms with Gasteiger partial charge in [0.15, 0.2) is 0 Å². The van der Waals surface area contributed by atoms with Gasteiger partial charge in [0.1, 0.15) is 0 Å². The van der Waals surface area contributed by atoms with Crippen molar-refractivity contribution in [2.75, 3.05) is 32.7 Å². The molecule has 1 saturated carbocycles. The standard InChI is InChI=1S/C16H31N3/c1-2-9-18-10-3-4-14(7-11-18)17-15-8-12-19(13-15)16-5-6-16/h14-17H,2-13H2,1H3. The Morgan fingerprint density at radius 3 is 2.58 bits per heavy atom.